The number of nitrogens with one attached hydrogen (secondary N) is 2. The van der Waals surface area contributed by atoms with E-state index in [4.69, 9.17) is 0 Å². The highest BCUT2D eigenvalue weighted by molar-refractivity contribution is 6.35. The van der Waals surface area contributed by atoms with Gasteiger partial charge in [0.15, 0.2) is 0 Å². The van der Waals surface area contributed by atoms with Gasteiger partial charge in [-0.25, -0.2) is 5.43 Å². The summed E-state index contributed by atoms with van der Waals surface area (Å²) in [5.74, 6) is -1.45. The SMILES string of the molecule is CCNC(=O)C(=O)N/N=C/c1ccc(C)cc1. The molecule has 0 unspecified atom stereocenters. The maximum atomic E-state index is 11.1. The smallest absolute Gasteiger partial charge is 0.329 e. The molecule has 0 saturated heterocycles. The monoisotopic (exact) mass is 233 g/mol. The largest absolute Gasteiger partial charge is 0.348 e. The van der Waals surface area contributed by atoms with Crippen molar-refractivity contribution >= 4 is 18.0 Å². The maximum Gasteiger partial charge on any atom is 0.329 e. The molecule has 90 valence electrons. The molecule has 5 heteroatoms. The molecule has 0 bridgehead atoms. The topological polar surface area (TPSA) is 70.6 Å². The van der Waals surface area contributed by atoms with E-state index in [-0.39, 0.29) is 0 Å². The second-order valence-corrected chi connectivity index (χ2v) is 3.47. The highest BCUT2D eigenvalue weighted by Crippen LogP contribution is 1.99. The molecule has 0 radical (unpaired) electrons. The van der Waals surface area contributed by atoms with Crippen LogP contribution in [0.3, 0.4) is 0 Å². The van der Waals surface area contributed by atoms with Crippen LogP contribution in [-0.4, -0.2) is 24.6 Å². The summed E-state index contributed by atoms with van der Waals surface area (Å²) in [7, 11) is 0. The second kappa shape index (κ2) is 6.42. The van der Waals surface area contributed by atoms with Crippen LogP contribution in [0.5, 0.6) is 0 Å². The number of amides is 2. The molecule has 2 N–H and O–H groups in total. The third kappa shape index (κ3) is 4.46. The van der Waals surface area contributed by atoms with E-state index in [1.807, 2.05) is 31.2 Å². The van der Waals surface area contributed by atoms with Crippen LogP contribution in [0.1, 0.15) is 18.1 Å². The van der Waals surface area contributed by atoms with Crippen LogP contribution in [0, 0.1) is 6.92 Å². The van der Waals surface area contributed by atoms with Crippen LogP contribution in [0.15, 0.2) is 29.4 Å². The minimum absolute atomic E-state index is 0.411. The van der Waals surface area contributed by atoms with Gasteiger partial charge in [0.25, 0.3) is 0 Å². The number of hydrogen-bond donors (Lipinski definition) is 2. The van der Waals surface area contributed by atoms with Gasteiger partial charge in [-0.1, -0.05) is 29.8 Å². The molecule has 5 nitrogen and oxygen atoms in total. The lowest BCUT2D eigenvalue weighted by Gasteiger charge is -1.99. The number of nitrogens with zero attached hydrogens (tertiary/aromatic N) is 1. The van der Waals surface area contributed by atoms with Crippen molar-refractivity contribution in [3.63, 3.8) is 0 Å². The Morgan fingerprint density at radius 3 is 2.47 bits per heavy atom. The summed E-state index contributed by atoms with van der Waals surface area (Å²) >= 11 is 0. The molecule has 0 aromatic heterocycles. The normalized spacial score (nSPS) is 10.2. The summed E-state index contributed by atoms with van der Waals surface area (Å²) < 4.78 is 0. The number of aryl methyl sites for hydroxylation is 1. The van der Waals surface area contributed by atoms with E-state index in [1.165, 1.54) is 6.21 Å². The molecule has 0 spiro atoms. The third-order valence-corrected chi connectivity index (χ3v) is 2.00. The van der Waals surface area contributed by atoms with E-state index >= 15 is 0 Å². The number of likely N-dealkylation sites (N-methyl/N-ethyl adjacent to an activating group) is 1. The summed E-state index contributed by atoms with van der Waals surface area (Å²) in [6, 6.07) is 7.62. The third-order valence-electron chi connectivity index (χ3n) is 2.00. The first kappa shape index (κ1) is 12.9. The second-order valence-electron chi connectivity index (χ2n) is 3.47. The molecule has 0 saturated carbocycles. The van der Waals surface area contributed by atoms with Gasteiger partial charge in [-0.05, 0) is 19.4 Å². The van der Waals surface area contributed by atoms with E-state index in [0.29, 0.717) is 6.54 Å². The van der Waals surface area contributed by atoms with Crippen LogP contribution in [-0.2, 0) is 9.59 Å². The Morgan fingerprint density at radius 2 is 1.88 bits per heavy atom. The van der Waals surface area contributed by atoms with E-state index < -0.39 is 11.8 Å². The quantitative estimate of drug-likeness (QED) is 0.455. The first-order valence-corrected chi connectivity index (χ1v) is 5.31. The molecule has 1 aromatic rings. The molecule has 0 aliphatic carbocycles. The van der Waals surface area contributed by atoms with Crippen LogP contribution in [0.2, 0.25) is 0 Å². The number of carbonyl (C=O) groups is 2. The Balaban J connectivity index is 2.47. The lowest BCUT2D eigenvalue weighted by molar-refractivity contribution is -0.139. The van der Waals surface area contributed by atoms with Crippen LogP contribution >= 0.6 is 0 Å². The number of carbonyl (C=O) groups excluding carboxylic acids is 2. The molecule has 0 fully saturated rings. The summed E-state index contributed by atoms with van der Waals surface area (Å²) in [5, 5.41) is 6.07. The standard InChI is InChI=1S/C12H15N3O2/c1-3-13-11(16)12(17)15-14-8-10-6-4-9(2)5-7-10/h4-8H,3H2,1-2H3,(H,13,16)(H,15,17)/b14-8+. The predicted molar refractivity (Wildman–Crippen MR) is 65.6 cm³/mol. The lowest BCUT2D eigenvalue weighted by Crippen LogP contribution is -2.37. The Morgan fingerprint density at radius 1 is 1.24 bits per heavy atom. The van der Waals surface area contributed by atoms with Crippen molar-refractivity contribution in [3.05, 3.63) is 35.4 Å². The highest BCUT2D eigenvalue weighted by Gasteiger charge is 2.09. The van der Waals surface area contributed by atoms with Gasteiger partial charge in [-0.2, -0.15) is 5.10 Å². The zero-order valence-corrected chi connectivity index (χ0v) is 9.86. The highest BCUT2D eigenvalue weighted by atomic mass is 16.2. The lowest BCUT2D eigenvalue weighted by atomic mass is 10.2. The molecule has 0 atom stereocenters. The average Bonchev–Trinajstić information content (AvgIpc) is 2.32. The number of rotatable bonds is 3. The van der Waals surface area contributed by atoms with Gasteiger partial charge in [0, 0.05) is 6.54 Å². The predicted octanol–water partition coefficient (Wildman–Crippen LogP) is 0.581. The molecule has 17 heavy (non-hydrogen) atoms. The molecular weight excluding hydrogens is 218 g/mol. The fourth-order valence-corrected chi connectivity index (χ4v) is 1.11. The molecule has 0 aliphatic rings. The van der Waals surface area contributed by atoms with Crippen LogP contribution < -0.4 is 10.7 Å². The first-order valence-electron chi connectivity index (χ1n) is 5.31. The van der Waals surface area contributed by atoms with Gasteiger partial charge in [0.05, 0.1) is 6.21 Å². The minimum Gasteiger partial charge on any atom is -0.348 e. The van der Waals surface area contributed by atoms with Crippen molar-refractivity contribution in [2.75, 3.05) is 6.54 Å². The van der Waals surface area contributed by atoms with Crippen LogP contribution in [0.25, 0.3) is 0 Å². The molecule has 1 aromatic carbocycles. The molecular formula is C12H15N3O2. The summed E-state index contributed by atoms with van der Waals surface area (Å²) in [6.45, 7) is 4.13. The van der Waals surface area contributed by atoms with Crippen molar-refractivity contribution in [1.82, 2.24) is 10.7 Å². The fourth-order valence-electron chi connectivity index (χ4n) is 1.11. The number of hydrogen-bond acceptors (Lipinski definition) is 3. The molecule has 2 amide bonds. The van der Waals surface area contributed by atoms with Crippen molar-refractivity contribution in [2.24, 2.45) is 5.10 Å². The Bertz CT molecular complexity index is 424. The van der Waals surface area contributed by atoms with E-state index in [9.17, 15) is 9.59 Å². The van der Waals surface area contributed by atoms with Gasteiger partial charge in [-0.15, -0.1) is 0 Å². The van der Waals surface area contributed by atoms with Gasteiger partial charge < -0.3 is 5.32 Å². The van der Waals surface area contributed by atoms with Crippen molar-refractivity contribution in [2.45, 2.75) is 13.8 Å². The molecule has 0 heterocycles. The summed E-state index contributed by atoms with van der Waals surface area (Å²) in [6.07, 6.45) is 1.48. The van der Waals surface area contributed by atoms with Gasteiger partial charge in [-0.3, -0.25) is 9.59 Å². The fraction of sp³-hybridized carbons (Fsp3) is 0.250. The van der Waals surface area contributed by atoms with Crippen molar-refractivity contribution in [1.29, 1.82) is 0 Å². The number of hydrazone groups is 1. The van der Waals surface area contributed by atoms with Crippen molar-refractivity contribution < 1.29 is 9.59 Å². The Hall–Kier alpha value is -2.17. The average molecular weight is 233 g/mol. The molecule has 1 rings (SSSR count). The Labute approximate surface area is 99.9 Å². The minimum atomic E-state index is -0.768. The van der Waals surface area contributed by atoms with Gasteiger partial charge in [0.2, 0.25) is 0 Å². The first-order chi connectivity index (χ1) is 8.13. The summed E-state index contributed by atoms with van der Waals surface area (Å²) in [5.41, 5.74) is 4.15. The van der Waals surface area contributed by atoms with E-state index in [0.717, 1.165) is 11.1 Å². The van der Waals surface area contributed by atoms with E-state index in [2.05, 4.69) is 15.8 Å². The Kier molecular flexibility index (Phi) is 4.87. The maximum absolute atomic E-state index is 11.1. The van der Waals surface area contributed by atoms with Crippen LogP contribution in [0.4, 0.5) is 0 Å². The summed E-state index contributed by atoms with van der Waals surface area (Å²) in [4.78, 5) is 22.2. The zero-order valence-electron chi connectivity index (χ0n) is 9.86. The van der Waals surface area contributed by atoms with Crippen molar-refractivity contribution in [3.8, 4) is 0 Å². The van der Waals surface area contributed by atoms with Gasteiger partial charge >= 0.3 is 11.8 Å². The molecule has 0 aliphatic heterocycles. The zero-order chi connectivity index (χ0) is 12.7. The van der Waals surface area contributed by atoms with Gasteiger partial charge in [0.1, 0.15) is 0 Å². The number of benzene rings is 1. The van der Waals surface area contributed by atoms with E-state index in [1.54, 1.807) is 6.92 Å².